The molecule has 48 heavy (non-hydrogen) atoms. The summed E-state index contributed by atoms with van der Waals surface area (Å²) < 4.78 is 27.9. The number of carbonyl (C=O) groups is 3. The van der Waals surface area contributed by atoms with E-state index in [1.807, 2.05) is 54.6 Å². The van der Waals surface area contributed by atoms with Gasteiger partial charge in [-0.15, -0.1) is 0 Å². The molecular formula is C40H46O8. The molecule has 1 saturated heterocycles. The van der Waals surface area contributed by atoms with Crippen molar-refractivity contribution in [2.45, 2.75) is 71.8 Å². The number of cyclic esters (lactones) is 1. The summed E-state index contributed by atoms with van der Waals surface area (Å²) in [5.74, 6) is 0.765. The van der Waals surface area contributed by atoms with Gasteiger partial charge in [-0.05, 0) is 78.9 Å². The molecule has 0 N–H and O–H groups in total. The topological polar surface area (TPSA) is 97.4 Å². The highest BCUT2D eigenvalue weighted by atomic mass is 16.5. The molecule has 1 unspecified atom stereocenters. The van der Waals surface area contributed by atoms with Crippen molar-refractivity contribution < 1.29 is 38.1 Å². The lowest BCUT2D eigenvalue weighted by molar-refractivity contribution is -0.150. The van der Waals surface area contributed by atoms with Crippen molar-refractivity contribution in [1.29, 1.82) is 0 Å². The lowest BCUT2D eigenvalue weighted by Crippen LogP contribution is -2.26. The predicted octanol–water partition coefficient (Wildman–Crippen LogP) is 8.66. The van der Waals surface area contributed by atoms with Gasteiger partial charge < -0.3 is 23.7 Å². The molecule has 0 radical (unpaired) electrons. The number of ether oxygens (including phenoxy) is 5. The second-order valence-corrected chi connectivity index (χ2v) is 12.0. The first-order valence-corrected chi connectivity index (χ1v) is 16.8. The van der Waals surface area contributed by atoms with E-state index in [-0.39, 0.29) is 18.5 Å². The third kappa shape index (κ3) is 12.1. The fraction of sp³-hybridized carbons (Fsp3) is 0.375. The Morgan fingerprint density at radius 1 is 0.896 bits per heavy atom. The number of rotatable bonds is 18. The Balaban J connectivity index is 1.31. The highest BCUT2D eigenvalue weighted by Crippen LogP contribution is 2.29. The van der Waals surface area contributed by atoms with Crippen molar-refractivity contribution in [3.63, 3.8) is 0 Å². The van der Waals surface area contributed by atoms with E-state index in [4.69, 9.17) is 23.7 Å². The molecule has 3 aromatic carbocycles. The fourth-order valence-electron chi connectivity index (χ4n) is 5.08. The molecule has 1 fully saturated rings. The third-order valence-electron chi connectivity index (χ3n) is 7.94. The van der Waals surface area contributed by atoms with Crippen LogP contribution in [0.3, 0.4) is 0 Å². The molecule has 0 bridgehead atoms. The largest absolute Gasteiger partial charge is 0.494 e. The Morgan fingerprint density at radius 2 is 1.60 bits per heavy atom. The molecule has 0 amide bonds. The minimum Gasteiger partial charge on any atom is -0.494 e. The van der Waals surface area contributed by atoms with Gasteiger partial charge in [0.05, 0.1) is 19.8 Å². The third-order valence-corrected chi connectivity index (χ3v) is 7.94. The first-order valence-electron chi connectivity index (χ1n) is 16.8. The molecular weight excluding hydrogens is 608 g/mol. The van der Waals surface area contributed by atoms with Crippen LogP contribution in [0.25, 0.3) is 17.2 Å². The lowest BCUT2D eigenvalue weighted by Gasteiger charge is -2.22. The summed E-state index contributed by atoms with van der Waals surface area (Å²) in [6.07, 6.45) is 11.4. The molecule has 4 rings (SSSR count). The van der Waals surface area contributed by atoms with E-state index in [9.17, 15) is 14.4 Å². The molecule has 1 heterocycles. The van der Waals surface area contributed by atoms with Crippen molar-refractivity contribution in [3.8, 4) is 28.4 Å². The molecule has 0 aliphatic carbocycles. The molecule has 0 aromatic heterocycles. The van der Waals surface area contributed by atoms with Crippen LogP contribution in [0, 0.1) is 5.92 Å². The quantitative estimate of drug-likeness (QED) is 0.0582. The van der Waals surface area contributed by atoms with Crippen LogP contribution in [0.1, 0.15) is 76.3 Å². The minimum absolute atomic E-state index is 0.0202. The van der Waals surface area contributed by atoms with Crippen LogP contribution >= 0.6 is 0 Å². The van der Waals surface area contributed by atoms with Gasteiger partial charge in [0.25, 0.3) is 0 Å². The summed E-state index contributed by atoms with van der Waals surface area (Å²) in [6, 6.07) is 20.5. The second kappa shape index (κ2) is 19.1. The SMILES string of the molecule is C=C(C)C(=O)OCc1cc(-c2ccc(/C=C/C(=O)Oc3ccc(OCCCCCCCC)cc3)cc2)ccc1OCC1CCC(=O)OC1. The van der Waals surface area contributed by atoms with Crippen molar-refractivity contribution in [1.82, 2.24) is 0 Å². The van der Waals surface area contributed by atoms with Gasteiger partial charge in [0, 0.05) is 29.6 Å². The van der Waals surface area contributed by atoms with Crippen LogP contribution in [-0.2, 0) is 30.5 Å². The highest BCUT2D eigenvalue weighted by molar-refractivity contribution is 5.89. The summed E-state index contributed by atoms with van der Waals surface area (Å²) in [5, 5.41) is 0. The van der Waals surface area contributed by atoms with E-state index in [2.05, 4.69) is 13.5 Å². The Morgan fingerprint density at radius 3 is 2.31 bits per heavy atom. The van der Waals surface area contributed by atoms with Gasteiger partial charge >= 0.3 is 17.9 Å². The van der Waals surface area contributed by atoms with Crippen LogP contribution in [0.2, 0.25) is 0 Å². The normalized spacial score (nSPS) is 14.3. The number of hydrogen-bond acceptors (Lipinski definition) is 8. The predicted molar refractivity (Wildman–Crippen MR) is 186 cm³/mol. The molecule has 1 aliphatic rings. The Labute approximate surface area is 283 Å². The van der Waals surface area contributed by atoms with E-state index < -0.39 is 11.9 Å². The summed E-state index contributed by atoms with van der Waals surface area (Å²) in [4.78, 5) is 35.9. The van der Waals surface area contributed by atoms with Crippen molar-refractivity contribution in [2.75, 3.05) is 19.8 Å². The maximum atomic E-state index is 12.5. The summed E-state index contributed by atoms with van der Waals surface area (Å²) in [5.41, 5.74) is 3.69. The summed E-state index contributed by atoms with van der Waals surface area (Å²) >= 11 is 0. The number of benzene rings is 3. The van der Waals surface area contributed by atoms with E-state index in [0.29, 0.717) is 55.3 Å². The minimum atomic E-state index is -0.481. The van der Waals surface area contributed by atoms with Gasteiger partial charge in [0.2, 0.25) is 0 Å². The zero-order valence-corrected chi connectivity index (χ0v) is 28.0. The maximum Gasteiger partial charge on any atom is 0.336 e. The summed E-state index contributed by atoms with van der Waals surface area (Å²) in [7, 11) is 0. The van der Waals surface area contributed by atoms with Crippen LogP contribution in [-0.4, -0.2) is 37.7 Å². The molecule has 0 spiro atoms. The number of carbonyl (C=O) groups excluding carboxylic acids is 3. The molecule has 0 saturated carbocycles. The van der Waals surface area contributed by atoms with E-state index in [1.165, 1.54) is 38.2 Å². The van der Waals surface area contributed by atoms with Gasteiger partial charge in [0.15, 0.2) is 0 Å². The zero-order chi connectivity index (χ0) is 34.1. The Bertz CT molecular complexity index is 1530. The Hall–Kier alpha value is -4.85. The van der Waals surface area contributed by atoms with Gasteiger partial charge in [-0.1, -0.05) is 75.9 Å². The zero-order valence-electron chi connectivity index (χ0n) is 28.0. The number of esters is 3. The average Bonchev–Trinajstić information content (AvgIpc) is 3.10. The standard InChI is InChI=1S/C40H46O8/c1-4-5-6-7-8-9-24-44-35-17-19-36(20-18-35)48-39(42)23-12-30-10-14-32(15-11-30)33-16-21-37(34(25-33)28-47-40(43)29(2)3)45-26-31-13-22-38(41)46-27-31/h10-12,14-21,23,25,31H,2,4-9,13,22,24,26-28H2,1,3H3/b23-12+. The van der Waals surface area contributed by atoms with Crippen LogP contribution in [0.4, 0.5) is 0 Å². The monoisotopic (exact) mass is 654 g/mol. The lowest BCUT2D eigenvalue weighted by atomic mass is 10.0. The molecule has 1 aliphatic heterocycles. The highest BCUT2D eigenvalue weighted by Gasteiger charge is 2.21. The second-order valence-electron chi connectivity index (χ2n) is 12.0. The smallest absolute Gasteiger partial charge is 0.336 e. The van der Waals surface area contributed by atoms with E-state index in [0.717, 1.165) is 28.9 Å². The van der Waals surface area contributed by atoms with Gasteiger partial charge in [0.1, 0.15) is 23.9 Å². The van der Waals surface area contributed by atoms with Gasteiger partial charge in [-0.3, -0.25) is 4.79 Å². The fourth-order valence-corrected chi connectivity index (χ4v) is 5.08. The number of hydrogen-bond donors (Lipinski definition) is 0. The summed E-state index contributed by atoms with van der Waals surface area (Å²) in [6.45, 7) is 8.88. The van der Waals surface area contributed by atoms with Crippen molar-refractivity contribution >= 4 is 24.0 Å². The van der Waals surface area contributed by atoms with Crippen LogP contribution in [0.15, 0.2) is 85.0 Å². The van der Waals surface area contributed by atoms with Gasteiger partial charge in [-0.25, -0.2) is 9.59 Å². The van der Waals surface area contributed by atoms with Crippen LogP contribution in [0.5, 0.6) is 17.2 Å². The number of unbranched alkanes of at least 4 members (excludes halogenated alkanes) is 5. The molecule has 8 heteroatoms. The maximum absolute atomic E-state index is 12.5. The first-order chi connectivity index (χ1) is 23.3. The van der Waals surface area contributed by atoms with E-state index >= 15 is 0 Å². The van der Waals surface area contributed by atoms with E-state index in [1.54, 1.807) is 25.1 Å². The molecule has 8 nitrogen and oxygen atoms in total. The first kappa shape index (κ1) is 36.0. The van der Waals surface area contributed by atoms with Crippen molar-refractivity contribution in [2.24, 2.45) is 5.92 Å². The molecule has 3 aromatic rings. The molecule has 254 valence electrons. The molecule has 1 atom stereocenters. The Kier molecular flexibility index (Phi) is 14.3. The van der Waals surface area contributed by atoms with Gasteiger partial charge in [-0.2, -0.15) is 0 Å². The average molecular weight is 655 g/mol. The van der Waals surface area contributed by atoms with Crippen LogP contribution < -0.4 is 14.2 Å². The van der Waals surface area contributed by atoms with Crippen molar-refractivity contribution in [3.05, 3.63) is 96.1 Å².